The highest BCUT2D eigenvalue weighted by Crippen LogP contribution is 2.35. The van der Waals surface area contributed by atoms with E-state index in [0.717, 1.165) is 59.5 Å². The number of aliphatic hydroxyl groups is 1. The van der Waals surface area contributed by atoms with Crippen LogP contribution in [0.2, 0.25) is 0 Å². The van der Waals surface area contributed by atoms with Gasteiger partial charge in [0.05, 0.1) is 32.4 Å². The third-order valence-electron chi connectivity index (χ3n) is 7.46. The molecule has 2 aromatic carbocycles. The van der Waals surface area contributed by atoms with Gasteiger partial charge in [-0.3, -0.25) is 14.7 Å². The number of carbonyl (C=O) groups is 1. The fourth-order valence-electron chi connectivity index (χ4n) is 5.36. The van der Waals surface area contributed by atoms with Gasteiger partial charge in [0.1, 0.15) is 11.5 Å². The van der Waals surface area contributed by atoms with Crippen molar-refractivity contribution < 1.29 is 24.5 Å². The Labute approximate surface area is 224 Å². The van der Waals surface area contributed by atoms with E-state index in [1.165, 1.54) is 0 Å². The first-order valence-electron chi connectivity index (χ1n) is 13.1. The molecule has 200 valence electrons. The molecule has 38 heavy (non-hydrogen) atoms. The van der Waals surface area contributed by atoms with E-state index in [9.17, 15) is 15.0 Å². The molecule has 1 fully saturated rings. The van der Waals surface area contributed by atoms with Crippen LogP contribution < -0.4 is 9.47 Å². The van der Waals surface area contributed by atoms with Gasteiger partial charge in [-0.15, -0.1) is 0 Å². The molecule has 0 radical (unpaired) electrons. The number of aliphatic carboxylic acids is 1. The summed E-state index contributed by atoms with van der Waals surface area (Å²) in [5, 5.41) is 21.3. The number of aromatic nitrogens is 1. The average molecular weight is 517 g/mol. The zero-order chi connectivity index (χ0) is 26.9. The molecular weight excluding hydrogens is 480 g/mol. The lowest BCUT2D eigenvalue weighted by Crippen LogP contribution is -2.41. The van der Waals surface area contributed by atoms with Crippen molar-refractivity contribution in [3.05, 3.63) is 65.9 Å². The van der Waals surface area contributed by atoms with E-state index < -0.39 is 12.1 Å². The second kappa shape index (κ2) is 13.3. The molecule has 3 atom stereocenters. The third kappa shape index (κ3) is 7.25. The van der Waals surface area contributed by atoms with E-state index in [0.29, 0.717) is 25.3 Å². The Morgan fingerprint density at radius 3 is 2.71 bits per heavy atom. The summed E-state index contributed by atoms with van der Waals surface area (Å²) >= 11 is 0. The standard InChI is InChI=1S/C31H36N2O5/c1-37-25-7-3-5-22(19-25)6-4-17-33-18-15-23(24(21-33)9-13-31(35)36)8-12-30(34)27-14-16-32-29-11-10-26(38-2)20-28(27)29/h3,5,7,10-11,14,16,19-20,23-24,30,34H,8-9,12-13,15,17-18,21H2,1-2H3,(H,35,36)/t23-,24-,30-/m1/s1. The van der Waals surface area contributed by atoms with Crippen LogP contribution in [0.1, 0.15) is 49.3 Å². The number of hydrogen-bond donors (Lipinski definition) is 2. The van der Waals surface area contributed by atoms with Gasteiger partial charge in [-0.05, 0) is 92.1 Å². The lowest BCUT2D eigenvalue weighted by molar-refractivity contribution is -0.137. The van der Waals surface area contributed by atoms with Gasteiger partial charge in [-0.2, -0.15) is 0 Å². The summed E-state index contributed by atoms with van der Waals surface area (Å²) in [6.07, 6.45) is 4.30. The monoisotopic (exact) mass is 516 g/mol. The molecule has 0 unspecified atom stereocenters. The van der Waals surface area contributed by atoms with Crippen molar-refractivity contribution in [1.29, 1.82) is 0 Å². The number of rotatable bonds is 10. The molecule has 7 heteroatoms. The van der Waals surface area contributed by atoms with Crippen LogP contribution in [0.25, 0.3) is 10.9 Å². The average Bonchev–Trinajstić information content (AvgIpc) is 2.94. The highest BCUT2D eigenvalue weighted by molar-refractivity contribution is 5.83. The molecule has 0 spiro atoms. The molecule has 4 rings (SSSR count). The number of likely N-dealkylation sites (tertiary alicyclic amines) is 1. The first-order chi connectivity index (χ1) is 18.5. The predicted molar refractivity (Wildman–Crippen MR) is 147 cm³/mol. The van der Waals surface area contributed by atoms with E-state index >= 15 is 0 Å². The molecule has 7 nitrogen and oxygen atoms in total. The summed E-state index contributed by atoms with van der Waals surface area (Å²) in [7, 11) is 3.27. The van der Waals surface area contributed by atoms with Crippen LogP contribution in [0.3, 0.4) is 0 Å². The Kier molecular flexibility index (Phi) is 9.58. The van der Waals surface area contributed by atoms with Crippen molar-refractivity contribution in [2.45, 2.75) is 38.2 Å². The number of ether oxygens (including phenoxy) is 2. The molecule has 1 aliphatic heterocycles. The van der Waals surface area contributed by atoms with E-state index in [2.05, 4.69) is 21.7 Å². The predicted octanol–water partition coefficient (Wildman–Crippen LogP) is 4.92. The van der Waals surface area contributed by atoms with E-state index in [1.807, 2.05) is 48.5 Å². The Bertz CT molecular complexity index is 1300. The largest absolute Gasteiger partial charge is 0.497 e. The lowest BCUT2D eigenvalue weighted by atomic mass is 9.79. The van der Waals surface area contributed by atoms with Crippen molar-refractivity contribution >= 4 is 16.9 Å². The molecule has 3 aromatic rings. The van der Waals surface area contributed by atoms with E-state index in [-0.39, 0.29) is 12.3 Å². The highest BCUT2D eigenvalue weighted by atomic mass is 16.5. The van der Waals surface area contributed by atoms with Crippen molar-refractivity contribution in [2.24, 2.45) is 11.8 Å². The number of pyridine rings is 1. The van der Waals surface area contributed by atoms with Crippen LogP contribution in [0.5, 0.6) is 11.5 Å². The number of methoxy groups -OCH3 is 2. The maximum atomic E-state index is 11.3. The maximum absolute atomic E-state index is 11.3. The number of benzene rings is 2. The smallest absolute Gasteiger partial charge is 0.303 e. The van der Waals surface area contributed by atoms with Gasteiger partial charge in [0.25, 0.3) is 0 Å². The lowest BCUT2D eigenvalue weighted by Gasteiger charge is -2.38. The minimum Gasteiger partial charge on any atom is -0.497 e. The molecule has 0 bridgehead atoms. The second-order valence-electron chi connectivity index (χ2n) is 9.89. The molecule has 0 saturated carbocycles. The molecule has 2 heterocycles. The minimum atomic E-state index is -0.768. The van der Waals surface area contributed by atoms with E-state index in [4.69, 9.17) is 9.47 Å². The highest BCUT2D eigenvalue weighted by Gasteiger charge is 2.30. The summed E-state index contributed by atoms with van der Waals surface area (Å²) in [5.41, 5.74) is 2.59. The van der Waals surface area contributed by atoms with Crippen LogP contribution in [0.4, 0.5) is 0 Å². The molecule has 1 saturated heterocycles. The first-order valence-corrected chi connectivity index (χ1v) is 13.1. The topological polar surface area (TPSA) is 92.1 Å². The normalized spacial score (nSPS) is 18.4. The molecule has 1 aromatic heterocycles. The number of piperidine rings is 1. The van der Waals surface area contributed by atoms with Gasteiger partial charge in [0.15, 0.2) is 0 Å². The molecule has 0 amide bonds. The van der Waals surface area contributed by atoms with Crippen molar-refractivity contribution in [2.75, 3.05) is 33.9 Å². The van der Waals surface area contributed by atoms with Crippen molar-refractivity contribution in [3.8, 4) is 23.3 Å². The minimum absolute atomic E-state index is 0.155. The van der Waals surface area contributed by atoms with Gasteiger partial charge in [-0.25, -0.2) is 0 Å². The zero-order valence-corrected chi connectivity index (χ0v) is 22.1. The zero-order valence-electron chi connectivity index (χ0n) is 22.1. The number of hydrogen-bond acceptors (Lipinski definition) is 6. The van der Waals surface area contributed by atoms with Crippen LogP contribution >= 0.6 is 0 Å². The number of aliphatic hydroxyl groups excluding tert-OH is 1. The molecule has 0 aliphatic carbocycles. The molecular formula is C31H36N2O5. The van der Waals surface area contributed by atoms with Gasteiger partial charge in [-0.1, -0.05) is 17.9 Å². The summed E-state index contributed by atoms with van der Waals surface area (Å²) in [4.78, 5) is 18.1. The second-order valence-corrected chi connectivity index (χ2v) is 9.89. The number of fused-ring (bicyclic) bond motifs is 1. The Balaban J connectivity index is 1.39. The van der Waals surface area contributed by atoms with Gasteiger partial charge in [0.2, 0.25) is 0 Å². The number of carboxylic acids is 1. The van der Waals surface area contributed by atoms with Crippen LogP contribution in [0.15, 0.2) is 54.7 Å². The summed E-state index contributed by atoms with van der Waals surface area (Å²) in [5.74, 6) is 7.83. The number of carboxylic acid groups (broad SMARTS) is 1. The quantitative estimate of drug-likeness (QED) is 0.370. The van der Waals surface area contributed by atoms with Crippen LogP contribution in [-0.2, 0) is 4.79 Å². The Hall–Kier alpha value is -3.60. The summed E-state index contributed by atoms with van der Waals surface area (Å²) < 4.78 is 10.6. The molecule has 2 N–H and O–H groups in total. The van der Waals surface area contributed by atoms with Crippen molar-refractivity contribution in [3.63, 3.8) is 0 Å². The summed E-state index contributed by atoms with van der Waals surface area (Å²) in [6, 6.07) is 15.3. The Morgan fingerprint density at radius 1 is 1.11 bits per heavy atom. The van der Waals surface area contributed by atoms with Gasteiger partial charge >= 0.3 is 5.97 Å². The molecule has 1 aliphatic rings. The van der Waals surface area contributed by atoms with Crippen molar-refractivity contribution in [1.82, 2.24) is 9.88 Å². The Morgan fingerprint density at radius 2 is 1.92 bits per heavy atom. The van der Waals surface area contributed by atoms with Gasteiger partial charge in [0, 0.05) is 30.1 Å². The fourth-order valence-corrected chi connectivity index (χ4v) is 5.36. The number of nitrogens with zero attached hydrogens (tertiary/aromatic N) is 2. The van der Waals surface area contributed by atoms with E-state index in [1.54, 1.807) is 20.4 Å². The maximum Gasteiger partial charge on any atom is 0.303 e. The summed E-state index contributed by atoms with van der Waals surface area (Å²) in [6.45, 7) is 2.36. The van der Waals surface area contributed by atoms with Gasteiger partial charge < -0.3 is 19.7 Å². The van der Waals surface area contributed by atoms with Crippen LogP contribution in [0, 0.1) is 23.7 Å². The first kappa shape index (κ1) is 27.4. The van der Waals surface area contributed by atoms with Crippen LogP contribution in [-0.4, -0.2) is 59.9 Å². The fraction of sp³-hybridized carbons (Fsp3) is 0.419. The third-order valence-corrected chi connectivity index (χ3v) is 7.46. The SMILES string of the molecule is COc1cccc(C#CCN2CC[C@@H](CC[C@@H](O)c3ccnc4ccc(OC)cc34)[C@H](CCC(=O)O)C2)c1.